The molecule has 2 heterocycles. The van der Waals surface area contributed by atoms with Gasteiger partial charge in [0.2, 0.25) is 0 Å². The van der Waals surface area contributed by atoms with Crippen LogP contribution in [0.2, 0.25) is 0 Å². The normalized spacial score (nSPS) is 9.53. The van der Waals surface area contributed by atoms with Crippen LogP contribution in [0.25, 0.3) is 0 Å². The lowest BCUT2D eigenvalue weighted by Gasteiger charge is -2.02. The third-order valence-corrected chi connectivity index (χ3v) is 2.57. The van der Waals surface area contributed by atoms with Crippen LogP contribution in [0.15, 0.2) is 29.9 Å². The zero-order valence-electron chi connectivity index (χ0n) is 7.84. The molecule has 0 unspecified atom stereocenters. The third-order valence-electron chi connectivity index (χ3n) is 1.79. The smallest absolute Gasteiger partial charge is 0.142 e. The third kappa shape index (κ3) is 2.51. The molecular weight excluding hydrogens is 208 g/mol. The summed E-state index contributed by atoms with van der Waals surface area (Å²) >= 11 is 1.59. The molecule has 0 aliphatic rings. The predicted molar refractivity (Wildman–Crippen MR) is 58.4 cm³/mol. The van der Waals surface area contributed by atoms with Gasteiger partial charge in [0.1, 0.15) is 17.6 Å². The number of anilines is 1. The van der Waals surface area contributed by atoms with E-state index < -0.39 is 0 Å². The van der Waals surface area contributed by atoms with Gasteiger partial charge in [0.25, 0.3) is 0 Å². The Morgan fingerprint density at radius 2 is 2.40 bits per heavy atom. The minimum absolute atomic E-state index is 0.421. The van der Waals surface area contributed by atoms with Crippen LogP contribution in [0.3, 0.4) is 0 Å². The first kappa shape index (κ1) is 9.62. The number of hydrogen-bond acceptors (Lipinski definition) is 5. The Morgan fingerprint density at radius 1 is 1.47 bits per heavy atom. The van der Waals surface area contributed by atoms with Gasteiger partial charge in [-0.2, -0.15) is 5.26 Å². The minimum atomic E-state index is 0.421. The monoisotopic (exact) mass is 216 g/mol. The molecule has 15 heavy (non-hydrogen) atoms. The van der Waals surface area contributed by atoms with Gasteiger partial charge in [-0.3, -0.25) is 4.98 Å². The number of nitriles is 1. The van der Waals surface area contributed by atoms with Gasteiger partial charge in [-0.05, 0) is 12.1 Å². The number of pyridine rings is 1. The summed E-state index contributed by atoms with van der Waals surface area (Å²) in [4.78, 5) is 9.21. The van der Waals surface area contributed by atoms with Crippen LogP contribution < -0.4 is 5.32 Å². The number of hydrogen-bond donors (Lipinski definition) is 1. The number of rotatable bonds is 3. The molecule has 0 radical (unpaired) electrons. The largest absolute Gasteiger partial charge is 0.365 e. The highest BCUT2D eigenvalue weighted by Gasteiger charge is 1.97. The standard InChI is InChI=1S/C10H8N4S/c11-4-8-2-1-3-10(14-8)13-6-9-5-12-7-15-9/h1-3,5,7H,6H2,(H,13,14). The first-order valence-electron chi connectivity index (χ1n) is 4.37. The average molecular weight is 216 g/mol. The van der Waals surface area contributed by atoms with Crippen LogP contribution in [-0.2, 0) is 6.54 Å². The summed E-state index contributed by atoms with van der Waals surface area (Å²) in [6.07, 6.45) is 1.81. The van der Waals surface area contributed by atoms with Crippen LogP contribution in [-0.4, -0.2) is 9.97 Å². The molecule has 0 saturated heterocycles. The SMILES string of the molecule is N#Cc1cccc(NCc2cncs2)n1. The van der Waals surface area contributed by atoms with Crippen LogP contribution >= 0.6 is 11.3 Å². The van der Waals surface area contributed by atoms with Crippen LogP contribution in [0.4, 0.5) is 5.82 Å². The Balaban J connectivity index is 2.02. The molecule has 0 saturated carbocycles. The molecule has 2 aromatic rings. The quantitative estimate of drug-likeness (QED) is 0.852. The molecule has 4 nitrogen and oxygen atoms in total. The molecule has 1 N–H and O–H groups in total. The second kappa shape index (κ2) is 4.53. The highest BCUT2D eigenvalue weighted by molar-refractivity contribution is 7.09. The van der Waals surface area contributed by atoms with E-state index in [9.17, 15) is 0 Å². The minimum Gasteiger partial charge on any atom is -0.365 e. The summed E-state index contributed by atoms with van der Waals surface area (Å²) in [7, 11) is 0. The van der Waals surface area contributed by atoms with Crippen molar-refractivity contribution in [2.75, 3.05) is 5.32 Å². The molecule has 2 rings (SSSR count). The molecule has 0 aromatic carbocycles. The second-order valence-electron chi connectivity index (χ2n) is 2.84. The molecule has 0 bridgehead atoms. The first-order chi connectivity index (χ1) is 7.38. The van der Waals surface area contributed by atoms with Crippen molar-refractivity contribution in [3.8, 4) is 6.07 Å². The zero-order chi connectivity index (χ0) is 10.5. The van der Waals surface area contributed by atoms with E-state index in [1.165, 1.54) is 0 Å². The highest BCUT2D eigenvalue weighted by atomic mass is 32.1. The summed E-state index contributed by atoms with van der Waals surface area (Å²) < 4.78 is 0. The van der Waals surface area contributed by atoms with Gasteiger partial charge < -0.3 is 5.32 Å². The fraction of sp³-hybridized carbons (Fsp3) is 0.100. The predicted octanol–water partition coefficient (Wildman–Crippen LogP) is 2.02. The Bertz CT molecular complexity index is 472. The van der Waals surface area contributed by atoms with E-state index in [1.54, 1.807) is 29.0 Å². The molecule has 0 amide bonds. The Labute approximate surface area is 91.2 Å². The van der Waals surface area contributed by atoms with E-state index in [0.29, 0.717) is 18.1 Å². The van der Waals surface area contributed by atoms with Crippen molar-refractivity contribution in [1.29, 1.82) is 5.26 Å². The van der Waals surface area contributed by atoms with Crippen molar-refractivity contribution >= 4 is 17.2 Å². The topological polar surface area (TPSA) is 61.6 Å². The Kier molecular flexibility index (Phi) is 2.90. The molecule has 2 aromatic heterocycles. The Morgan fingerprint density at radius 3 is 3.13 bits per heavy atom. The van der Waals surface area contributed by atoms with E-state index in [-0.39, 0.29) is 0 Å². The van der Waals surface area contributed by atoms with Crippen LogP contribution in [0.1, 0.15) is 10.6 Å². The molecule has 0 aliphatic carbocycles. The zero-order valence-corrected chi connectivity index (χ0v) is 8.66. The fourth-order valence-electron chi connectivity index (χ4n) is 1.10. The highest BCUT2D eigenvalue weighted by Crippen LogP contribution is 2.09. The van der Waals surface area contributed by atoms with Gasteiger partial charge in [-0.15, -0.1) is 11.3 Å². The molecule has 74 valence electrons. The fourth-order valence-corrected chi connectivity index (χ4v) is 1.64. The van der Waals surface area contributed by atoms with Crippen molar-refractivity contribution < 1.29 is 0 Å². The number of thiazole rings is 1. The van der Waals surface area contributed by atoms with Gasteiger partial charge in [-0.25, -0.2) is 4.98 Å². The summed E-state index contributed by atoms with van der Waals surface area (Å²) in [5, 5.41) is 11.8. The molecule has 0 fully saturated rings. The van der Waals surface area contributed by atoms with Crippen molar-refractivity contribution in [2.24, 2.45) is 0 Å². The summed E-state index contributed by atoms with van der Waals surface area (Å²) in [6, 6.07) is 7.32. The number of aromatic nitrogens is 2. The number of nitrogens with zero attached hydrogens (tertiary/aromatic N) is 3. The van der Waals surface area contributed by atoms with E-state index in [0.717, 1.165) is 4.88 Å². The lowest BCUT2D eigenvalue weighted by molar-refractivity contribution is 1.12. The van der Waals surface area contributed by atoms with E-state index in [2.05, 4.69) is 15.3 Å². The maximum Gasteiger partial charge on any atom is 0.142 e. The number of nitrogens with one attached hydrogen (secondary N) is 1. The van der Waals surface area contributed by atoms with Gasteiger partial charge >= 0.3 is 0 Å². The second-order valence-corrected chi connectivity index (χ2v) is 3.81. The van der Waals surface area contributed by atoms with Crippen LogP contribution in [0, 0.1) is 11.3 Å². The molecule has 5 heteroatoms. The van der Waals surface area contributed by atoms with E-state index in [4.69, 9.17) is 5.26 Å². The summed E-state index contributed by atoms with van der Waals surface area (Å²) in [6.45, 7) is 0.687. The molecule has 0 spiro atoms. The maximum atomic E-state index is 8.67. The molecular formula is C10H8N4S. The van der Waals surface area contributed by atoms with Gasteiger partial charge in [-0.1, -0.05) is 6.07 Å². The Hall–Kier alpha value is -1.93. The maximum absolute atomic E-state index is 8.67. The van der Waals surface area contributed by atoms with Crippen molar-refractivity contribution in [3.63, 3.8) is 0 Å². The molecule has 0 aliphatic heterocycles. The van der Waals surface area contributed by atoms with Crippen molar-refractivity contribution in [3.05, 3.63) is 40.5 Å². The lowest BCUT2D eigenvalue weighted by atomic mass is 10.3. The molecule has 0 atom stereocenters. The van der Waals surface area contributed by atoms with Gasteiger partial charge in [0, 0.05) is 11.1 Å². The first-order valence-corrected chi connectivity index (χ1v) is 5.25. The summed E-state index contributed by atoms with van der Waals surface area (Å²) in [5.41, 5.74) is 2.21. The van der Waals surface area contributed by atoms with Crippen molar-refractivity contribution in [1.82, 2.24) is 9.97 Å². The van der Waals surface area contributed by atoms with Gasteiger partial charge in [0.15, 0.2) is 0 Å². The van der Waals surface area contributed by atoms with Gasteiger partial charge in [0.05, 0.1) is 12.1 Å². The lowest BCUT2D eigenvalue weighted by Crippen LogP contribution is -2.00. The van der Waals surface area contributed by atoms with E-state index >= 15 is 0 Å². The van der Waals surface area contributed by atoms with Crippen molar-refractivity contribution in [2.45, 2.75) is 6.54 Å². The average Bonchev–Trinajstić information content (AvgIpc) is 2.79. The van der Waals surface area contributed by atoms with Crippen LogP contribution in [0.5, 0.6) is 0 Å². The summed E-state index contributed by atoms with van der Waals surface area (Å²) in [5.74, 6) is 0.711. The van der Waals surface area contributed by atoms with E-state index in [1.807, 2.05) is 18.3 Å².